The summed E-state index contributed by atoms with van der Waals surface area (Å²) in [6, 6.07) is 16.8. The molecule has 2 atom stereocenters. The summed E-state index contributed by atoms with van der Waals surface area (Å²) in [6.07, 6.45) is -0.463. The molecule has 1 saturated heterocycles. The van der Waals surface area contributed by atoms with Gasteiger partial charge in [0.25, 0.3) is 5.69 Å². The van der Waals surface area contributed by atoms with Crippen LogP contribution in [0.1, 0.15) is 30.2 Å². The number of β-amino-alcohol motifs (C(OH)–C–C–N with tert-alkyl or cyclic N) is 1. The van der Waals surface area contributed by atoms with Gasteiger partial charge >= 0.3 is 0 Å². The maximum atomic E-state index is 10.8. The topological polar surface area (TPSA) is 69.9 Å². The van der Waals surface area contributed by atoms with E-state index >= 15 is 0 Å². The molecule has 2 aromatic rings. The Kier molecular flexibility index (Phi) is 5.98. The minimum absolute atomic E-state index is 0.126. The molecule has 3 rings (SSSR count). The molecule has 2 aromatic carbocycles. The summed E-state index contributed by atoms with van der Waals surface area (Å²) in [5.74, 6) is 0. The highest BCUT2D eigenvalue weighted by Gasteiger charge is 2.24. The molecular weight excluding hydrogens is 330 g/mol. The third kappa shape index (κ3) is 4.46. The Morgan fingerprint density at radius 3 is 2.19 bits per heavy atom. The molecule has 0 aromatic heterocycles. The minimum atomic E-state index is -0.463. The van der Waals surface area contributed by atoms with Crippen LogP contribution in [0, 0.1) is 10.1 Å². The number of hydrogen-bond donors (Lipinski definition) is 1. The lowest BCUT2D eigenvalue weighted by Gasteiger charge is -2.38. The zero-order chi connectivity index (χ0) is 18.5. The van der Waals surface area contributed by atoms with E-state index in [1.807, 2.05) is 42.5 Å². The molecule has 0 saturated carbocycles. The number of benzene rings is 2. The van der Waals surface area contributed by atoms with E-state index in [4.69, 9.17) is 0 Å². The van der Waals surface area contributed by atoms with Crippen molar-refractivity contribution in [2.45, 2.75) is 19.1 Å². The quantitative estimate of drug-likeness (QED) is 0.637. The van der Waals surface area contributed by atoms with Crippen LogP contribution in [0.2, 0.25) is 0 Å². The Balaban J connectivity index is 1.52. The van der Waals surface area contributed by atoms with Crippen molar-refractivity contribution in [1.29, 1.82) is 0 Å². The molecule has 6 heteroatoms. The summed E-state index contributed by atoms with van der Waals surface area (Å²) in [5, 5.41) is 21.2. The molecule has 138 valence electrons. The summed E-state index contributed by atoms with van der Waals surface area (Å²) in [6.45, 7) is 6.42. The molecular formula is C20H25N3O3. The van der Waals surface area contributed by atoms with Gasteiger partial charge in [-0.05, 0) is 18.1 Å². The number of aliphatic hydroxyl groups is 1. The Hall–Kier alpha value is -2.28. The first kappa shape index (κ1) is 18.5. The second kappa shape index (κ2) is 8.40. The first-order valence-corrected chi connectivity index (χ1v) is 8.98. The van der Waals surface area contributed by atoms with E-state index < -0.39 is 6.10 Å². The highest BCUT2D eigenvalue weighted by molar-refractivity contribution is 5.34. The SMILES string of the molecule is CC(c1ccc([N+](=O)[O-])cc1)N1CCN(CC(O)c2ccccc2)CC1. The second-order valence-corrected chi connectivity index (χ2v) is 6.79. The van der Waals surface area contributed by atoms with E-state index in [2.05, 4.69) is 16.7 Å². The van der Waals surface area contributed by atoms with Gasteiger partial charge in [-0.1, -0.05) is 42.5 Å². The molecule has 1 fully saturated rings. The van der Waals surface area contributed by atoms with Crippen LogP contribution in [0.3, 0.4) is 0 Å². The number of piperazine rings is 1. The number of nitro benzene ring substituents is 1. The van der Waals surface area contributed by atoms with E-state index in [0.717, 1.165) is 37.3 Å². The predicted octanol–water partition coefficient (Wildman–Crippen LogP) is 3.01. The molecule has 1 heterocycles. The number of hydrogen-bond acceptors (Lipinski definition) is 5. The summed E-state index contributed by atoms with van der Waals surface area (Å²) < 4.78 is 0. The van der Waals surface area contributed by atoms with Crippen LogP contribution in [-0.4, -0.2) is 52.6 Å². The van der Waals surface area contributed by atoms with Crippen LogP contribution >= 0.6 is 0 Å². The Bertz CT molecular complexity index is 713. The average Bonchev–Trinajstić information content (AvgIpc) is 2.69. The number of rotatable bonds is 6. The lowest BCUT2D eigenvalue weighted by atomic mass is 10.1. The van der Waals surface area contributed by atoms with E-state index in [-0.39, 0.29) is 16.7 Å². The minimum Gasteiger partial charge on any atom is -0.387 e. The number of aliphatic hydroxyl groups excluding tert-OH is 1. The van der Waals surface area contributed by atoms with Crippen molar-refractivity contribution in [2.75, 3.05) is 32.7 Å². The molecule has 0 aliphatic carbocycles. The summed E-state index contributed by atoms with van der Waals surface area (Å²) in [7, 11) is 0. The van der Waals surface area contributed by atoms with E-state index in [1.165, 1.54) is 0 Å². The van der Waals surface area contributed by atoms with Gasteiger partial charge in [0, 0.05) is 50.9 Å². The highest BCUT2D eigenvalue weighted by atomic mass is 16.6. The monoisotopic (exact) mass is 355 g/mol. The van der Waals surface area contributed by atoms with Crippen LogP contribution in [0.15, 0.2) is 54.6 Å². The van der Waals surface area contributed by atoms with Gasteiger partial charge < -0.3 is 5.11 Å². The van der Waals surface area contributed by atoms with Crippen LogP contribution in [0.25, 0.3) is 0 Å². The van der Waals surface area contributed by atoms with Gasteiger partial charge in [0.2, 0.25) is 0 Å². The second-order valence-electron chi connectivity index (χ2n) is 6.79. The van der Waals surface area contributed by atoms with Crippen molar-refractivity contribution in [1.82, 2.24) is 9.80 Å². The molecule has 2 unspecified atom stereocenters. The molecule has 6 nitrogen and oxygen atoms in total. The Morgan fingerprint density at radius 1 is 1.00 bits per heavy atom. The number of nitro groups is 1. The predicted molar refractivity (Wildman–Crippen MR) is 101 cm³/mol. The van der Waals surface area contributed by atoms with E-state index in [9.17, 15) is 15.2 Å². The molecule has 1 aliphatic rings. The first-order valence-electron chi connectivity index (χ1n) is 8.98. The van der Waals surface area contributed by atoms with Gasteiger partial charge in [-0.15, -0.1) is 0 Å². The summed E-state index contributed by atoms with van der Waals surface area (Å²) in [4.78, 5) is 15.1. The zero-order valence-electron chi connectivity index (χ0n) is 15.0. The van der Waals surface area contributed by atoms with Crippen molar-refractivity contribution in [3.05, 3.63) is 75.8 Å². The van der Waals surface area contributed by atoms with E-state index in [1.54, 1.807) is 12.1 Å². The van der Waals surface area contributed by atoms with Crippen molar-refractivity contribution in [3.8, 4) is 0 Å². The lowest BCUT2D eigenvalue weighted by molar-refractivity contribution is -0.384. The number of non-ortho nitro benzene ring substituents is 1. The standard InChI is InChI=1S/C20H25N3O3/c1-16(17-7-9-19(10-8-17)23(25)26)22-13-11-21(12-14-22)15-20(24)18-5-3-2-4-6-18/h2-10,16,20,24H,11-15H2,1H3. The molecule has 0 bridgehead atoms. The molecule has 1 aliphatic heterocycles. The Labute approximate surface area is 153 Å². The molecule has 0 amide bonds. The lowest BCUT2D eigenvalue weighted by Crippen LogP contribution is -2.48. The zero-order valence-corrected chi connectivity index (χ0v) is 15.0. The van der Waals surface area contributed by atoms with Gasteiger partial charge in [0.15, 0.2) is 0 Å². The first-order chi connectivity index (χ1) is 12.5. The van der Waals surface area contributed by atoms with Crippen molar-refractivity contribution in [3.63, 3.8) is 0 Å². The van der Waals surface area contributed by atoms with Crippen LogP contribution in [-0.2, 0) is 0 Å². The van der Waals surface area contributed by atoms with Crippen LogP contribution < -0.4 is 0 Å². The van der Waals surface area contributed by atoms with Gasteiger partial charge in [0.1, 0.15) is 0 Å². The molecule has 1 N–H and O–H groups in total. The normalized spacial score (nSPS) is 18.4. The van der Waals surface area contributed by atoms with Gasteiger partial charge in [-0.2, -0.15) is 0 Å². The number of nitrogens with zero attached hydrogens (tertiary/aromatic N) is 3. The summed E-state index contributed by atoms with van der Waals surface area (Å²) in [5.41, 5.74) is 2.17. The smallest absolute Gasteiger partial charge is 0.269 e. The fraction of sp³-hybridized carbons (Fsp3) is 0.400. The van der Waals surface area contributed by atoms with Crippen LogP contribution in [0.5, 0.6) is 0 Å². The average molecular weight is 355 g/mol. The largest absolute Gasteiger partial charge is 0.387 e. The van der Waals surface area contributed by atoms with Gasteiger partial charge in [-0.25, -0.2) is 0 Å². The third-order valence-corrected chi connectivity index (χ3v) is 5.16. The molecule has 0 spiro atoms. The molecule has 0 radical (unpaired) electrons. The summed E-state index contributed by atoms with van der Waals surface area (Å²) >= 11 is 0. The highest BCUT2D eigenvalue weighted by Crippen LogP contribution is 2.24. The maximum absolute atomic E-state index is 10.8. The van der Waals surface area contributed by atoms with Gasteiger partial charge in [0.05, 0.1) is 11.0 Å². The third-order valence-electron chi connectivity index (χ3n) is 5.16. The van der Waals surface area contributed by atoms with Gasteiger partial charge in [-0.3, -0.25) is 19.9 Å². The van der Waals surface area contributed by atoms with Crippen molar-refractivity contribution >= 4 is 5.69 Å². The van der Waals surface area contributed by atoms with Crippen LogP contribution in [0.4, 0.5) is 5.69 Å². The maximum Gasteiger partial charge on any atom is 0.269 e. The van der Waals surface area contributed by atoms with Crippen molar-refractivity contribution < 1.29 is 10.0 Å². The Morgan fingerprint density at radius 2 is 1.62 bits per heavy atom. The van der Waals surface area contributed by atoms with E-state index in [0.29, 0.717) is 6.54 Å². The fourth-order valence-corrected chi connectivity index (χ4v) is 3.44. The molecule has 26 heavy (non-hydrogen) atoms. The van der Waals surface area contributed by atoms with Crippen molar-refractivity contribution in [2.24, 2.45) is 0 Å². The fourth-order valence-electron chi connectivity index (χ4n) is 3.44.